The van der Waals surface area contributed by atoms with Crippen LogP contribution >= 0.6 is 0 Å². The van der Waals surface area contributed by atoms with Gasteiger partial charge in [0.2, 0.25) is 17.5 Å². The van der Waals surface area contributed by atoms with Crippen molar-refractivity contribution in [1.82, 2.24) is 0 Å². The van der Waals surface area contributed by atoms with Crippen LogP contribution in [0.4, 0.5) is 22.0 Å². The van der Waals surface area contributed by atoms with E-state index in [4.69, 9.17) is 14.2 Å². The number of halogens is 5. The van der Waals surface area contributed by atoms with E-state index < -0.39 is 29.1 Å². The van der Waals surface area contributed by atoms with Crippen molar-refractivity contribution < 1.29 is 36.2 Å². The van der Waals surface area contributed by atoms with Gasteiger partial charge < -0.3 is 14.2 Å². The molecule has 1 aliphatic rings. The number of ether oxygens (including phenoxy) is 3. The Bertz CT molecular complexity index is 1240. The van der Waals surface area contributed by atoms with E-state index in [1.165, 1.54) is 24.3 Å². The highest BCUT2D eigenvalue weighted by atomic mass is 19.2. The number of hydrogen-bond acceptors (Lipinski definition) is 3. The van der Waals surface area contributed by atoms with Gasteiger partial charge in [-0.05, 0) is 86.8 Å². The molecule has 1 saturated carbocycles. The highest BCUT2D eigenvalue weighted by Gasteiger charge is 2.28. The molecule has 0 spiro atoms. The zero-order chi connectivity index (χ0) is 26.5. The quantitative estimate of drug-likeness (QED) is 0.266. The molecule has 0 aromatic heterocycles. The van der Waals surface area contributed by atoms with E-state index in [1.54, 1.807) is 32.0 Å². The normalized spacial score (nSPS) is 17.5. The Morgan fingerprint density at radius 3 is 1.70 bits per heavy atom. The first-order valence-electron chi connectivity index (χ1n) is 12.5. The molecule has 0 atom stereocenters. The summed E-state index contributed by atoms with van der Waals surface area (Å²) in [6.45, 7) is 3.53. The molecule has 198 valence electrons. The van der Waals surface area contributed by atoms with Crippen LogP contribution in [-0.2, 0) is 6.61 Å². The molecular weight excluding hydrogens is 491 g/mol. The molecule has 3 nitrogen and oxygen atoms in total. The molecule has 1 aliphatic carbocycles. The van der Waals surface area contributed by atoms with Gasteiger partial charge in [0.25, 0.3) is 0 Å². The van der Waals surface area contributed by atoms with Gasteiger partial charge in [0.1, 0.15) is 12.4 Å². The van der Waals surface area contributed by atoms with Crippen LogP contribution in [0.15, 0.2) is 42.5 Å². The van der Waals surface area contributed by atoms with Crippen molar-refractivity contribution >= 4 is 0 Å². The van der Waals surface area contributed by atoms with Crippen LogP contribution in [0, 0.1) is 29.1 Å². The SMILES string of the molecule is CCOc1ccc(OCc2ccc(C3CCC(c4ccc(OCC)c(F)c4F)CC3)cc2F)c(F)c1F. The molecule has 0 unspecified atom stereocenters. The van der Waals surface area contributed by atoms with Crippen LogP contribution in [0.25, 0.3) is 0 Å². The van der Waals surface area contributed by atoms with Gasteiger partial charge in [-0.15, -0.1) is 0 Å². The Labute approximate surface area is 213 Å². The standard InChI is InChI=1S/C29H29F5O3/c1-3-35-23-12-11-21(26(31)27(23)32)18-7-5-17(6-8-18)19-9-10-20(22(30)15-19)16-37-25-14-13-24(36-4-2)28(33)29(25)34/h9-15,17-18H,3-8,16H2,1-2H3. The smallest absolute Gasteiger partial charge is 0.204 e. The Hall–Kier alpha value is -3.29. The minimum absolute atomic E-state index is 0.0778. The van der Waals surface area contributed by atoms with E-state index in [0.717, 1.165) is 5.56 Å². The molecular formula is C29H29F5O3. The second kappa shape index (κ2) is 11.8. The van der Waals surface area contributed by atoms with Crippen LogP contribution in [0.5, 0.6) is 17.2 Å². The largest absolute Gasteiger partial charge is 0.491 e. The van der Waals surface area contributed by atoms with Crippen LogP contribution in [0.1, 0.15) is 68.1 Å². The Morgan fingerprint density at radius 1 is 0.622 bits per heavy atom. The van der Waals surface area contributed by atoms with E-state index in [0.29, 0.717) is 31.2 Å². The summed E-state index contributed by atoms with van der Waals surface area (Å²) in [6, 6.07) is 10.3. The molecule has 1 fully saturated rings. The summed E-state index contributed by atoms with van der Waals surface area (Å²) in [5.41, 5.74) is 1.35. The third kappa shape index (κ3) is 5.84. The van der Waals surface area contributed by atoms with Crippen molar-refractivity contribution in [2.75, 3.05) is 13.2 Å². The Morgan fingerprint density at radius 2 is 1.14 bits per heavy atom. The van der Waals surface area contributed by atoms with Crippen molar-refractivity contribution in [3.63, 3.8) is 0 Å². The molecule has 0 bridgehead atoms. The highest BCUT2D eigenvalue weighted by molar-refractivity contribution is 5.36. The van der Waals surface area contributed by atoms with E-state index in [1.807, 2.05) is 0 Å². The minimum atomic E-state index is -1.19. The summed E-state index contributed by atoms with van der Waals surface area (Å²) in [7, 11) is 0. The lowest BCUT2D eigenvalue weighted by molar-refractivity contribution is 0.270. The van der Waals surface area contributed by atoms with Crippen molar-refractivity contribution in [3.8, 4) is 17.2 Å². The van der Waals surface area contributed by atoms with Gasteiger partial charge in [-0.1, -0.05) is 18.2 Å². The van der Waals surface area contributed by atoms with E-state index in [-0.39, 0.29) is 54.5 Å². The molecule has 3 aromatic carbocycles. The lowest BCUT2D eigenvalue weighted by atomic mass is 9.76. The summed E-state index contributed by atoms with van der Waals surface area (Å²) in [5, 5.41) is 0. The predicted molar refractivity (Wildman–Crippen MR) is 130 cm³/mol. The first-order chi connectivity index (χ1) is 17.8. The zero-order valence-corrected chi connectivity index (χ0v) is 20.8. The van der Waals surface area contributed by atoms with Gasteiger partial charge >= 0.3 is 0 Å². The van der Waals surface area contributed by atoms with Crippen LogP contribution in [0.3, 0.4) is 0 Å². The number of rotatable bonds is 9. The maximum atomic E-state index is 14.8. The van der Waals surface area contributed by atoms with Crippen LogP contribution in [0.2, 0.25) is 0 Å². The molecule has 0 N–H and O–H groups in total. The lowest BCUT2D eigenvalue weighted by Gasteiger charge is -2.29. The van der Waals surface area contributed by atoms with Gasteiger partial charge in [0.05, 0.1) is 13.2 Å². The molecule has 0 radical (unpaired) electrons. The molecule has 0 aliphatic heterocycles. The highest BCUT2D eigenvalue weighted by Crippen LogP contribution is 2.42. The third-order valence-electron chi connectivity index (χ3n) is 6.79. The van der Waals surface area contributed by atoms with Crippen LogP contribution < -0.4 is 14.2 Å². The van der Waals surface area contributed by atoms with Gasteiger partial charge in [-0.25, -0.2) is 8.78 Å². The maximum absolute atomic E-state index is 14.8. The first kappa shape index (κ1) is 26.8. The van der Waals surface area contributed by atoms with Crippen molar-refractivity contribution in [2.24, 2.45) is 0 Å². The van der Waals surface area contributed by atoms with E-state index >= 15 is 0 Å². The first-order valence-corrected chi connectivity index (χ1v) is 12.5. The summed E-state index contributed by atoms with van der Waals surface area (Å²) >= 11 is 0. The fraction of sp³-hybridized carbons (Fsp3) is 0.379. The molecule has 3 aromatic rings. The summed E-state index contributed by atoms with van der Waals surface area (Å²) < 4.78 is 87.5. The Kier molecular flexibility index (Phi) is 8.56. The fourth-order valence-electron chi connectivity index (χ4n) is 4.85. The molecule has 4 rings (SSSR count). The second-order valence-corrected chi connectivity index (χ2v) is 9.02. The molecule has 0 heterocycles. The Balaban J connectivity index is 1.38. The monoisotopic (exact) mass is 520 g/mol. The molecule has 8 heteroatoms. The van der Waals surface area contributed by atoms with Gasteiger partial charge in [-0.3, -0.25) is 0 Å². The lowest BCUT2D eigenvalue weighted by Crippen LogP contribution is -2.14. The minimum Gasteiger partial charge on any atom is -0.491 e. The molecule has 0 saturated heterocycles. The predicted octanol–water partition coefficient (Wildman–Crippen LogP) is 8.20. The number of benzene rings is 3. The summed E-state index contributed by atoms with van der Waals surface area (Å²) in [5.74, 6) is -5.37. The van der Waals surface area contributed by atoms with Gasteiger partial charge in [0.15, 0.2) is 23.1 Å². The zero-order valence-electron chi connectivity index (χ0n) is 20.8. The second-order valence-electron chi connectivity index (χ2n) is 9.02. The average Bonchev–Trinajstić information content (AvgIpc) is 2.90. The van der Waals surface area contributed by atoms with E-state index in [9.17, 15) is 22.0 Å². The van der Waals surface area contributed by atoms with Crippen molar-refractivity contribution in [2.45, 2.75) is 58.0 Å². The van der Waals surface area contributed by atoms with Crippen molar-refractivity contribution in [1.29, 1.82) is 0 Å². The number of hydrogen-bond donors (Lipinski definition) is 0. The molecule has 37 heavy (non-hydrogen) atoms. The van der Waals surface area contributed by atoms with E-state index in [2.05, 4.69) is 0 Å². The third-order valence-corrected chi connectivity index (χ3v) is 6.79. The van der Waals surface area contributed by atoms with Gasteiger partial charge in [0, 0.05) is 5.56 Å². The topological polar surface area (TPSA) is 27.7 Å². The summed E-state index contributed by atoms with van der Waals surface area (Å²) in [4.78, 5) is 0. The van der Waals surface area contributed by atoms with Crippen molar-refractivity contribution in [3.05, 3.63) is 88.2 Å². The maximum Gasteiger partial charge on any atom is 0.204 e. The van der Waals surface area contributed by atoms with Gasteiger partial charge in [-0.2, -0.15) is 13.2 Å². The summed E-state index contributed by atoms with van der Waals surface area (Å²) in [6.07, 6.45) is 2.68. The average molecular weight is 521 g/mol. The fourth-order valence-corrected chi connectivity index (χ4v) is 4.85. The molecule has 0 amide bonds. The van der Waals surface area contributed by atoms with Crippen LogP contribution in [-0.4, -0.2) is 13.2 Å².